The van der Waals surface area contributed by atoms with E-state index >= 15 is 0 Å². The molecule has 0 aromatic carbocycles. The van der Waals surface area contributed by atoms with E-state index in [2.05, 4.69) is 11.9 Å². The van der Waals surface area contributed by atoms with Crippen molar-refractivity contribution in [3.63, 3.8) is 0 Å². The first-order chi connectivity index (χ1) is 10.1. The molecule has 2 heterocycles. The molecule has 0 atom stereocenters. The van der Waals surface area contributed by atoms with Crippen LogP contribution in [-0.2, 0) is 9.59 Å². The van der Waals surface area contributed by atoms with Gasteiger partial charge in [-0.2, -0.15) is 0 Å². The van der Waals surface area contributed by atoms with Gasteiger partial charge in [0.05, 0.1) is 0 Å². The Kier molecular flexibility index (Phi) is 7.72. The third-order valence-electron chi connectivity index (χ3n) is 4.31. The van der Waals surface area contributed by atoms with Crippen molar-refractivity contribution in [1.82, 2.24) is 14.7 Å². The summed E-state index contributed by atoms with van der Waals surface area (Å²) in [7, 11) is 2.09. The molecule has 0 unspecified atom stereocenters. The molecule has 0 N–H and O–H groups in total. The zero-order valence-corrected chi connectivity index (χ0v) is 14.1. The lowest BCUT2D eigenvalue weighted by Gasteiger charge is -2.37. The molecule has 0 bridgehead atoms. The maximum Gasteiger partial charge on any atom is 0.225 e. The summed E-state index contributed by atoms with van der Waals surface area (Å²) in [6.45, 7) is 11.0. The number of likely N-dealkylation sites (tertiary alicyclic amines) is 1. The molecular weight excluding hydrogens is 266 g/mol. The van der Waals surface area contributed by atoms with Crippen molar-refractivity contribution in [2.75, 3.05) is 46.3 Å². The first-order valence-corrected chi connectivity index (χ1v) is 8.37. The van der Waals surface area contributed by atoms with Gasteiger partial charge < -0.3 is 14.7 Å². The molecule has 122 valence electrons. The average Bonchev–Trinajstić information content (AvgIpc) is 2.56. The van der Waals surface area contributed by atoms with Crippen LogP contribution in [0.3, 0.4) is 0 Å². The predicted octanol–water partition coefficient (Wildman–Crippen LogP) is 1.44. The molecule has 0 radical (unpaired) electrons. The second-order valence-corrected chi connectivity index (χ2v) is 5.64. The molecule has 0 aromatic rings. The molecule has 2 aliphatic rings. The summed E-state index contributed by atoms with van der Waals surface area (Å²) in [6.07, 6.45) is 2.23. The molecule has 0 aromatic heterocycles. The Morgan fingerprint density at radius 3 is 1.90 bits per heavy atom. The molecule has 2 saturated heterocycles. The van der Waals surface area contributed by atoms with Crippen molar-refractivity contribution < 1.29 is 9.59 Å². The summed E-state index contributed by atoms with van der Waals surface area (Å²) in [6, 6.07) is 0. The number of piperidine rings is 1. The smallest absolute Gasteiger partial charge is 0.225 e. The van der Waals surface area contributed by atoms with Gasteiger partial charge in [-0.1, -0.05) is 20.8 Å². The lowest BCUT2D eigenvalue weighted by Crippen LogP contribution is -2.50. The van der Waals surface area contributed by atoms with Crippen molar-refractivity contribution in [1.29, 1.82) is 0 Å². The molecule has 2 amide bonds. The molecule has 0 spiro atoms. The summed E-state index contributed by atoms with van der Waals surface area (Å²) >= 11 is 0. The second-order valence-electron chi connectivity index (χ2n) is 5.64. The first kappa shape index (κ1) is 18.0. The molecule has 2 aliphatic heterocycles. The maximum atomic E-state index is 12.4. The third kappa shape index (κ3) is 4.99. The predicted molar refractivity (Wildman–Crippen MR) is 85.0 cm³/mol. The maximum absolute atomic E-state index is 12.4. The molecule has 21 heavy (non-hydrogen) atoms. The van der Waals surface area contributed by atoms with Crippen LogP contribution in [0.1, 0.15) is 40.0 Å². The normalized spacial score (nSPS) is 20.8. The summed E-state index contributed by atoms with van der Waals surface area (Å²) in [5.74, 6) is 0.645. The van der Waals surface area contributed by atoms with E-state index in [9.17, 15) is 9.59 Å². The van der Waals surface area contributed by atoms with Crippen LogP contribution in [0, 0.1) is 5.92 Å². The fraction of sp³-hybridized carbons (Fsp3) is 0.875. The van der Waals surface area contributed by atoms with Crippen LogP contribution in [0.4, 0.5) is 0 Å². The molecule has 2 rings (SSSR count). The van der Waals surface area contributed by atoms with Crippen LogP contribution in [0.25, 0.3) is 0 Å². The largest absolute Gasteiger partial charge is 0.343 e. The minimum Gasteiger partial charge on any atom is -0.343 e. The van der Waals surface area contributed by atoms with Crippen molar-refractivity contribution in [3.05, 3.63) is 0 Å². The molecular formula is C16H31N3O2. The van der Waals surface area contributed by atoms with Crippen LogP contribution < -0.4 is 0 Å². The molecule has 5 nitrogen and oxygen atoms in total. The van der Waals surface area contributed by atoms with Gasteiger partial charge in [-0.25, -0.2) is 0 Å². The Morgan fingerprint density at radius 2 is 1.43 bits per heavy atom. The number of hydrogen-bond acceptors (Lipinski definition) is 3. The number of amides is 2. The Bertz CT molecular complexity index is 330. The number of piperazine rings is 1. The van der Waals surface area contributed by atoms with E-state index in [-0.39, 0.29) is 11.8 Å². The summed E-state index contributed by atoms with van der Waals surface area (Å²) in [5, 5.41) is 0. The molecule has 5 heteroatoms. The average molecular weight is 297 g/mol. The number of nitrogens with zero attached hydrogens (tertiary/aromatic N) is 3. The zero-order chi connectivity index (χ0) is 15.8. The Balaban J connectivity index is 0.00000106. The fourth-order valence-electron chi connectivity index (χ4n) is 2.88. The lowest BCUT2D eigenvalue weighted by molar-refractivity contribution is -0.141. The molecule has 2 fully saturated rings. The van der Waals surface area contributed by atoms with Gasteiger partial charge in [0.25, 0.3) is 0 Å². The molecule has 0 aliphatic carbocycles. The number of likely N-dealkylation sites (N-methyl/N-ethyl adjacent to an activating group) is 1. The number of carbonyl (C=O) groups excluding carboxylic acids is 2. The van der Waals surface area contributed by atoms with E-state index in [1.165, 1.54) is 0 Å². The van der Waals surface area contributed by atoms with Gasteiger partial charge >= 0.3 is 0 Å². The van der Waals surface area contributed by atoms with Crippen LogP contribution in [0.2, 0.25) is 0 Å². The van der Waals surface area contributed by atoms with E-state index in [1.807, 2.05) is 30.6 Å². The van der Waals surface area contributed by atoms with Crippen molar-refractivity contribution >= 4 is 11.8 Å². The lowest BCUT2D eigenvalue weighted by atomic mass is 9.95. The third-order valence-corrected chi connectivity index (χ3v) is 4.31. The van der Waals surface area contributed by atoms with E-state index in [0.717, 1.165) is 52.1 Å². The highest BCUT2D eigenvalue weighted by atomic mass is 16.2. The number of carbonyl (C=O) groups is 2. The van der Waals surface area contributed by atoms with Crippen molar-refractivity contribution in [2.24, 2.45) is 5.92 Å². The summed E-state index contributed by atoms with van der Waals surface area (Å²) < 4.78 is 0. The van der Waals surface area contributed by atoms with Crippen LogP contribution in [0.5, 0.6) is 0 Å². The van der Waals surface area contributed by atoms with Gasteiger partial charge in [0.1, 0.15) is 0 Å². The van der Waals surface area contributed by atoms with Crippen molar-refractivity contribution in [3.8, 4) is 0 Å². The van der Waals surface area contributed by atoms with E-state index in [1.54, 1.807) is 0 Å². The van der Waals surface area contributed by atoms with Gasteiger partial charge in [0.2, 0.25) is 11.8 Å². The van der Waals surface area contributed by atoms with E-state index < -0.39 is 0 Å². The highest BCUT2D eigenvalue weighted by molar-refractivity contribution is 5.80. The van der Waals surface area contributed by atoms with Gasteiger partial charge in [-0.15, -0.1) is 0 Å². The van der Waals surface area contributed by atoms with Gasteiger partial charge in [-0.3, -0.25) is 9.59 Å². The standard InChI is InChI=1S/C14H25N3O2.C2H6/c1-3-13(18)16-6-4-12(5-7-16)14(19)17-10-8-15(2)9-11-17;1-2/h12H,3-11H2,1-2H3;1-2H3. The number of hydrogen-bond donors (Lipinski definition) is 0. The minimum absolute atomic E-state index is 0.129. The highest BCUT2D eigenvalue weighted by Gasteiger charge is 2.30. The van der Waals surface area contributed by atoms with Gasteiger partial charge in [0, 0.05) is 51.6 Å². The quantitative estimate of drug-likeness (QED) is 0.774. The summed E-state index contributed by atoms with van der Waals surface area (Å²) in [5.41, 5.74) is 0. The SMILES string of the molecule is CC.CCC(=O)N1CCC(C(=O)N2CCN(C)CC2)CC1. The van der Waals surface area contributed by atoms with Crippen LogP contribution in [0.15, 0.2) is 0 Å². The first-order valence-electron chi connectivity index (χ1n) is 8.37. The minimum atomic E-state index is 0.129. The Morgan fingerprint density at radius 1 is 0.905 bits per heavy atom. The topological polar surface area (TPSA) is 43.9 Å². The zero-order valence-electron chi connectivity index (χ0n) is 14.1. The number of rotatable bonds is 2. The Labute approximate surface area is 129 Å². The van der Waals surface area contributed by atoms with Crippen molar-refractivity contribution in [2.45, 2.75) is 40.0 Å². The monoisotopic (exact) mass is 297 g/mol. The van der Waals surface area contributed by atoms with Gasteiger partial charge in [-0.05, 0) is 19.9 Å². The van der Waals surface area contributed by atoms with Gasteiger partial charge in [0.15, 0.2) is 0 Å². The Hall–Kier alpha value is -1.10. The van der Waals surface area contributed by atoms with Crippen LogP contribution in [-0.4, -0.2) is 72.8 Å². The van der Waals surface area contributed by atoms with E-state index in [0.29, 0.717) is 12.3 Å². The second kappa shape index (κ2) is 9.03. The fourth-order valence-corrected chi connectivity index (χ4v) is 2.88. The highest BCUT2D eigenvalue weighted by Crippen LogP contribution is 2.20. The van der Waals surface area contributed by atoms with E-state index in [4.69, 9.17) is 0 Å². The molecule has 0 saturated carbocycles. The van der Waals surface area contributed by atoms with Crippen LogP contribution >= 0.6 is 0 Å². The summed E-state index contributed by atoms with van der Waals surface area (Å²) in [4.78, 5) is 30.2.